The second-order valence-corrected chi connectivity index (χ2v) is 5.94. The van der Waals surface area contributed by atoms with Crippen LogP contribution in [0.15, 0.2) is 24.3 Å². The minimum absolute atomic E-state index is 0.0560. The van der Waals surface area contributed by atoms with Gasteiger partial charge in [0.05, 0.1) is 12.2 Å². The third kappa shape index (κ3) is 4.37. The molecule has 0 aromatic heterocycles. The van der Waals surface area contributed by atoms with Crippen molar-refractivity contribution in [3.63, 3.8) is 0 Å². The quantitative estimate of drug-likeness (QED) is 0.824. The second kappa shape index (κ2) is 6.83. The van der Waals surface area contributed by atoms with E-state index in [9.17, 15) is 9.59 Å². The van der Waals surface area contributed by atoms with Crippen LogP contribution in [0.4, 0.5) is 5.69 Å². The standard InChI is InChI=1S/C16H23N3O2/c1-11-7-13(17)9-19(8-11)10-16(21)18-15-6-4-3-5-14(15)12(2)20/h3-6,11,13H,7-10,17H2,1-2H3,(H,18,21). The van der Waals surface area contributed by atoms with Crippen molar-refractivity contribution in [3.8, 4) is 0 Å². The summed E-state index contributed by atoms with van der Waals surface area (Å²) in [7, 11) is 0. The molecule has 2 unspecified atom stereocenters. The summed E-state index contributed by atoms with van der Waals surface area (Å²) in [6.07, 6.45) is 1.01. The van der Waals surface area contributed by atoms with Gasteiger partial charge in [0.25, 0.3) is 0 Å². The number of carbonyl (C=O) groups excluding carboxylic acids is 2. The number of nitrogens with two attached hydrogens (primary N) is 1. The van der Waals surface area contributed by atoms with Crippen LogP contribution in [-0.2, 0) is 4.79 Å². The van der Waals surface area contributed by atoms with Crippen LogP contribution in [0, 0.1) is 5.92 Å². The molecule has 3 N–H and O–H groups in total. The molecule has 1 heterocycles. The Morgan fingerprint density at radius 1 is 1.33 bits per heavy atom. The van der Waals surface area contributed by atoms with Crippen molar-refractivity contribution in [2.24, 2.45) is 11.7 Å². The molecule has 2 atom stereocenters. The first-order chi connectivity index (χ1) is 9.95. The van der Waals surface area contributed by atoms with Gasteiger partial charge in [0.2, 0.25) is 5.91 Å². The zero-order chi connectivity index (χ0) is 15.4. The van der Waals surface area contributed by atoms with Crippen molar-refractivity contribution in [1.29, 1.82) is 0 Å². The minimum Gasteiger partial charge on any atom is -0.327 e. The van der Waals surface area contributed by atoms with Crippen LogP contribution < -0.4 is 11.1 Å². The van der Waals surface area contributed by atoms with Crippen LogP contribution in [0.3, 0.4) is 0 Å². The summed E-state index contributed by atoms with van der Waals surface area (Å²) >= 11 is 0. The van der Waals surface area contributed by atoms with Gasteiger partial charge >= 0.3 is 0 Å². The summed E-state index contributed by atoms with van der Waals surface area (Å²) in [5, 5.41) is 2.83. The molecule has 1 amide bonds. The number of hydrogen-bond donors (Lipinski definition) is 2. The van der Waals surface area contributed by atoms with Crippen molar-refractivity contribution >= 4 is 17.4 Å². The average molecular weight is 289 g/mol. The molecular weight excluding hydrogens is 266 g/mol. The molecule has 0 spiro atoms. The van der Waals surface area contributed by atoms with Crippen LogP contribution >= 0.6 is 0 Å². The summed E-state index contributed by atoms with van der Waals surface area (Å²) in [4.78, 5) is 25.8. The molecule has 114 valence electrons. The van der Waals surface area contributed by atoms with Gasteiger partial charge in [0, 0.05) is 24.7 Å². The highest BCUT2D eigenvalue weighted by Crippen LogP contribution is 2.17. The third-order valence-electron chi connectivity index (χ3n) is 3.72. The molecule has 1 aliphatic rings. The van der Waals surface area contributed by atoms with E-state index in [4.69, 9.17) is 5.73 Å². The first kappa shape index (κ1) is 15.7. The van der Waals surface area contributed by atoms with Gasteiger partial charge in [-0.15, -0.1) is 0 Å². The average Bonchev–Trinajstić information content (AvgIpc) is 2.37. The number of anilines is 1. The van der Waals surface area contributed by atoms with Gasteiger partial charge in [0.1, 0.15) is 0 Å². The number of benzene rings is 1. The largest absolute Gasteiger partial charge is 0.327 e. The van der Waals surface area contributed by atoms with E-state index < -0.39 is 0 Å². The number of nitrogens with one attached hydrogen (secondary N) is 1. The SMILES string of the molecule is CC(=O)c1ccccc1NC(=O)CN1CC(C)CC(N)C1. The van der Waals surface area contributed by atoms with Crippen LogP contribution in [0.5, 0.6) is 0 Å². The molecule has 0 aliphatic carbocycles. The normalized spacial score (nSPS) is 22.8. The smallest absolute Gasteiger partial charge is 0.238 e. The number of nitrogens with zero attached hydrogens (tertiary/aromatic N) is 1. The van der Waals surface area contributed by atoms with Gasteiger partial charge in [-0.05, 0) is 31.4 Å². The molecule has 2 rings (SSSR count). The summed E-state index contributed by atoms with van der Waals surface area (Å²) < 4.78 is 0. The highest BCUT2D eigenvalue weighted by atomic mass is 16.2. The highest BCUT2D eigenvalue weighted by molar-refractivity contribution is 6.04. The zero-order valence-electron chi connectivity index (χ0n) is 12.6. The van der Waals surface area contributed by atoms with Crippen molar-refractivity contribution in [2.75, 3.05) is 25.0 Å². The number of rotatable bonds is 4. The Balaban J connectivity index is 1.97. The lowest BCUT2D eigenvalue weighted by Crippen LogP contribution is -2.48. The van der Waals surface area contributed by atoms with Gasteiger partial charge in [0.15, 0.2) is 5.78 Å². The Morgan fingerprint density at radius 3 is 2.71 bits per heavy atom. The van der Waals surface area contributed by atoms with Crippen molar-refractivity contribution in [1.82, 2.24) is 4.90 Å². The zero-order valence-corrected chi connectivity index (χ0v) is 12.6. The number of hydrogen-bond acceptors (Lipinski definition) is 4. The van der Waals surface area contributed by atoms with Gasteiger partial charge in [-0.1, -0.05) is 19.1 Å². The van der Waals surface area contributed by atoms with E-state index in [2.05, 4.69) is 17.1 Å². The Labute approximate surface area is 125 Å². The molecule has 1 aliphatic heterocycles. The van der Waals surface area contributed by atoms with Crippen molar-refractivity contribution < 1.29 is 9.59 Å². The molecule has 21 heavy (non-hydrogen) atoms. The first-order valence-electron chi connectivity index (χ1n) is 7.33. The van der Waals surface area contributed by atoms with Gasteiger partial charge in [-0.2, -0.15) is 0 Å². The van der Waals surface area contributed by atoms with Crippen LogP contribution in [0.2, 0.25) is 0 Å². The molecular formula is C16H23N3O2. The number of ketones is 1. The summed E-state index contributed by atoms with van der Waals surface area (Å²) in [5.41, 5.74) is 7.10. The van der Waals surface area contributed by atoms with E-state index in [1.807, 2.05) is 0 Å². The Morgan fingerprint density at radius 2 is 2.05 bits per heavy atom. The highest BCUT2D eigenvalue weighted by Gasteiger charge is 2.23. The molecule has 1 aromatic carbocycles. The van der Waals surface area contributed by atoms with Crippen molar-refractivity contribution in [2.45, 2.75) is 26.3 Å². The number of amides is 1. The van der Waals surface area contributed by atoms with E-state index in [1.54, 1.807) is 24.3 Å². The number of para-hydroxylation sites is 1. The number of likely N-dealkylation sites (tertiary alicyclic amines) is 1. The molecule has 0 radical (unpaired) electrons. The van der Waals surface area contributed by atoms with Crippen LogP contribution in [0.1, 0.15) is 30.6 Å². The Kier molecular flexibility index (Phi) is 5.09. The topological polar surface area (TPSA) is 75.4 Å². The third-order valence-corrected chi connectivity index (χ3v) is 3.72. The van der Waals surface area contributed by atoms with E-state index in [0.29, 0.717) is 23.7 Å². The lowest BCUT2D eigenvalue weighted by Gasteiger charge is -2.34. The first-order valence-corrected chi connectivity index (χ1v) is 7.33. The fourth-order valence-electron chi connectivity index (χ4n) is 2.93. The van der Waals surface area contributed by atoms with Crippen LogP contribution in [0.25, 0.3) is 0 Å². The molecule has 1 fully saturated rings. The minimum atomic E-state index is -0.106. The van der Waals surface area contributed by atoms with Gasteiger partial charge < -0.3 is 11.1 Å². The maximum Gasteiger partial charge on any atom is 0.238 e. The monoisotopic (exact) mass is 289 g/mol. The van der Waals surface area contributed by atoms with E-state index in [0.717, 1.165) is 19.5 Å². The lowest BCUT2D eigenvalue weighted by molar-refractivity contribution is -0.117. The Bertz CT molecular complexity index is 520. The lowest BCUT2D eigenvalue weighted by atomic mass is 9.97. The molecule has 0 saturated carbocycles. The second-order valence-electron chi connectivity index (χ2n) is 5.94. The van der Waals surface area contributed by atoms with E-state index in [1.165, 1.54) is 6.92 Å². The molecule has 0 bridgehead atoms. The number of piperidine rings is 1. The predicted octanol–water partition coefficient (Wildman–Crippen LogP) is 1.50. The molecule has 5 heteroatoms. The maximum absolute atomic E-state index is 12.2. The predicted molar refractivity (Wildman–Crippen MR) is 83.3 cm³/mol. The number of Topliss-reactive ketones (excluding diaryl/α,β-unsaturated/α-hetero) is 1. The fourth-order valence-corrected chi connectivity index (χ4v) is 2.93. The fraction of sp³-hybridized carbons (Fsp3) is 0.500. The molecule has 1 aromatic rings. The van der Waals surface area contributed by atoms with Gasteiger partial charge in [-0.25, -0.2) is 0 Å². The molecule has 1 saturated heterocycles. The number of carbonyl (C=O) groups is 2. The van der Waals surface area contributed by atoms with E-state index >= 15 is 0 Å². The van der Waals surface area contributed by atoms with E-state index in [-0.39, 0.29) is 17.7 Å². The summed E-state index contributed by atoms with van der Waals surface area (Å²) in [6, 6.07) is 7.19. The maximum atomic E-state index is 12.2. The summed E-state index contributed by atoms with van der Waals surface area (Å²) in [6.45, 7) is 5.58. The van der Waals surface area contributed by atoms with Gasteiger partial charge in [-0.3, -0.25) is 14.5 Å². The van der Waals surface area contributed by atoms with Crippen LogP contribution in [-0.4, -0.2) is 42.3 Å². The summed E-state index contributed by atoms with van der Waals surface area (Å²) in [5.74, 6) is 0.343. The molecule has 5 nitrogen and oxygen atoms in total. The Hall–Kier alpha value is -1.72. The van der Waals surface area contributed by atoms with Crippen molar-refractivity contribution in [3.05, 3.63) is 29.8 Å².